The molecule has 0 saturated heterocycles. The van der Waals surface area contributed by atoms with Crippen LogP contribution in [0.4, 0.5) is 0 Å². The van der Waals surface area contributed by atoms with Crippen molar-refractivity contribution in [1.29, 1.82) is 0 Å². The topological polar surface area (TPSA) is 130 Å². The molecule has 2 aromatic carbocycles. The number of hydrogen-bond acceptors (Lipinski definition) is 9. The second-order valence-electron chi connectivity index (χ2n) is 11.2. The summed E-state index contributed by atoms with van der Waals surface area (Å²) in [7, 11) is 3.44. The average molecular weight is 651 g/mol. The van der Waals surface area contributed by atoms with Crippen molar-refractivity contribution in [2.24, 2.45) is 0 Å². The molecule has 0 bridgehead atoms. The summed E-state index contributed by atoms with van der Waals surface area (Å²) in [5.41, 5.74) is 0.940. The highest BCUT2D eigenvalue weighted by molar-refractivity contribution is 6.42. The van der Waals surface area contributed by atoms with Crippen LogP contribution in [0.25, 0.3) is 0 Å². The molecule has 10 nitrogen and oxygen atoms in total. The monoisotopic (exact) mass is 649 g/mol. The lowest BCUT2D eigenvalue weighted by atomic mass is 9.80. The number of carbonyl (C=O) groups excluding carboxylic acids is 1. The minimum absolute atomic E-state index is 0.0186. The summed E-state index contributed by atoms with van der Waals surface area (Å²) >= 11 is 12.9. The van der Waals surface area contributed by atoms with Crippen LogP contribution in [0, 0.1) is 0 Å². The molecule has 1 heterocycles. The number of benzene rings is 2. The SMILES string of the molecule is CCOC(=O)C1=C(CN(C)CC(C)(C)NCC(O)COc2ccccc2OC)NC(C)=C(C(=O)O)C1c1cccc(Cl)c1Cl. The Morgan fingerprint density at radius 3 is 2.43 bits per heavy atom. The number of aliphatic carboxylic acids is 1. The lowest BCUT2D eigenvalue weighted by Crippen LogP contribution is -2.51. The Morgan fingerprint density at radius 2 is 1.80 bits per heavy atom. The van der Waals surface area contributed by atoms with E-state index in [4.69, 9.17) is 37.4 Å². The van der Waals surface area contributed by atoms with E-state index in [-0.39, 0.29) is 47.5 Å². The number of halogens is 2. The van der Waals surface area contributed by atoms with E-state index in [0.717, 1.165) is 0 Å². The van der Waals surface area contributed by atoms with Crippen molar-refractivity contribution in [2.75, 3.05) is 47.0 Å². The fraction of sp³-hybridized carbons (Fsp3) is 0.438. The molecule has 0 amide bonds. The van der Waals surface area contributed by atoms with Gasteiger partial charge in [0.1, 0.15) is 12.7 Å². The van der Waals surface area contributed by atoms with Crippen molar-refractivity contribution >= 4 is 35.1 Å². The van der Waals surface area contributed by atoms with Crippen LogP contribution < -0.4 is 20.1 Å². The van der Waals surface area contributed by atoms with Gasteiger partial charge < -0.3 is 35.1 Å². The van der Waals surface area contributed by atoms with Gasteiger partial charge >= 0.3 is 11.9 Å². The number of nitrogens with zero attached hydrogens (tertiary/aromatic N) is 1. The number of ether oxygens (including phenoxy) is 3. The number of dihydropyridines is 1. The number of rotatable bonds is 15. The number of para-hydroxylation sites is 2. The molecule has 0 saturated carbocycles. The summed E-state index contributed by atoms with van der Waals surface area (Å²) in [6.07, 6.45) is -0.784. The first-order chi connectivity index (χ1) is 20.8. The van der Waals surface area contributed by atoms with Crippen LogP contribution in [0.1, 0.15) is 39.2 Å². The maximum atomic E-state index is 13.4. The van der Waals surface area contributed by atoms with Crippen LogP contribution in [0.2, 0.25) is 10.0 Å². The molecule has 12 heteroatoms. The van der Waals surface area contributed by atoms with Gasteiger partial charge in [0, 0.05) is 36.6 Å². The first kappa shape index (κ1) is 35.2. The van der Waals surface area contributed by atoms with Gasteiger partial charge in [-0.3, -0.25) is 4.90 Å². The van der Waals surface area contributed by atoms with E-state index in [9.17, 15) is 19.8 Å². The Kier molecular flexibility index (Phi) is 12.5. The van der Waals surface area contributed by atoms with Crippen LogP contribution in [-0.2, 0) is 14.3 Å². The summed E-state index contributed by atoms with van der Waals surface area (Å²) in [5, 5.41) is 27.7. The summed E-state index contributed by atoms with van der Waals surface area (Å²) in [6.45, 7) is 8.54. The van der Waals surface area contributed by atoms with Crippen molar-refractivity contribution in [2.45, 2.75) is 45.3 Å². The number of methoxy groups -OCH3 is 1. The molecule has 2 aromatic rings. The Labute approximate surface area is 268 Å². The number of nitrogens with one attached hydrogen (secondary N) is 2. The van der Waals surface area contributed by atoms with Gasteiger partial charge in [0.25, 0.3) is 0 Å². The molecular weight excluding hydrogens is 609 g/mol. The average Bonchev–Trinajstić information content (AvgIpc) is 2.95. The van der Waals surface area contributed by atoms with Crippen molar-refractivity contribution in [1.82, 2.24) is 15.5 Å². The van der Waals surface area contributed by atoms with E-state index in [1.54, 1.807) is 51.3 Å². The van der Waals surface area contributed by atoms with E-state index in [1.165, 1.54) is 0 Å². The first-order valence-electron chi connectivity index (χ1n) is 14.2. The highest BCUT2D eigenvalue weighted by atomic mass is 35.5. The Hall–Kier alpha value is -3.28. The third-order valence-corrected chi connectivity index (χ3v) is 7.91. The van der Waals surface area contributed by atoms with Gasteiger partial charge in [-0.1, -0.05) is 47.5 Å². The zero-order chi connectivity index (χ0) is 32.6. The number of hydrogen-bond donors (Lipinski definition) is 4. The molecule has 0 radical (unpaired) electrons. The molecule has 240 valence electrons. The second-order valence-corrected chi connectivity index (χ2v) is 12.0. The van der Waals surface area contributed by atoms with Crippen LogP contribution in [0.15, 0.2) is 65.0 Å². The summed E-state index contributed by atoms with van der Waals surface area (Å²) in [4.78, 5) is 27.9. The number of carboxylic acid groups (broad SMARTS) is 1. The van der Waals surface area contributed by atoms with Crippen molar-refractivity contribution in [3.05, 3.63) is 80.6 Å². The number of aliphatic hydroxyl groups is 1. The fourth-order valence-corrected chi connectivity index (χ4v) is 5.66. The zero-order valence-corrected chi connectivity index (χ0v) is 27.4. The van der Waals surface area contributed by atoms with Crippen molar-refractivity contribution < 1.29 is 34.0 Å². The molecule has 3 rings (SSSR count). The normalized spacial score (nSPS) is 16.1. The number of carbonyl (C=O) groups is 2. The highest BCUT2D eigenvalue weighted by Gasteiger charge is 2.40. The summed E-state index contributed by atoms with van der Waals surface area (Å²) in [6, 6.07) is 12.2. The molecule has 0 aromatic heterocycles. The number of β-amino-alcohol motifs (C(OH)–C–C–N with tert-alkyl or cyclic N) is 1. The third kappa shape index (κ3) is 8.89. The Bertz CT molecular complexity index is 1410. The fourth-order valence-electron chi connectivity index (χ4n) is 5.24. The maximum Gasteiger partial charge on any atom is 0.336 e. The quantitative estimate of drug-likeness (QED) is 0.203. The molecule has 1 aliphatic heterocycles. The number of allylic oxidation sites excluding steroid dienone is 1. The maximum absolute atomic E-state index is 13.4. The van der Waals surface area contributed by atoms with Gasteiger partial charge in [0.2, 0.25) is 0 Å². The predicted octanol–water partition coefficient (Wildman–Crippen LogP) is 4.60. The molecule has 0 aliphatic carbocycles. The number of likely N-dealkylation sites (N-methyl/N-ethyl adjacent to an activating group) is 1. The van der Waals surface area contributed by atoms with Crippen LogP contribution in [0.3, 0.4) is 0 Å². The van der Waals surface area contributed by atoms with E-state index < -0.39 is 29.5 Å². The van der Waals surface area contributed by atoms with Crippen LogP contribution in [-0.4, -0.2) is 85.7 Å². The summed E-state index contributed by atoms with van der Waals surface area (Å²) < 4.78 is 16.4. The molecule has 2 atom stereocenters. The van der Waals surface area contributed by atoms with Gasteiger partial charge in [0.05, 0.1) is 40.8 Å². The second kappa shape index (κ2) is 15.6. The van der Waals surface area contributed by atoms with Gasteiger partial charge in [-0.15, -0.1) is 0 Å². The molecular formula is C32H41Cl2N3O7. The lowest BCUT2D eigenvalue weighted by molar-refractivity contribution is -0.139. The minimum atomic E-state index is -1.19. The van der Waals surface area contributed by atoms with Gasteiger partial charge in [-0.05, 0) is 58.5 Å². The third-order valence-electron chi connectivity index (χ3n) is 7.07. The molecule has 0 fully saturated rings. The molecule has 44 heavy (non-hydrogen) atoms. The zero-order valence-electron chi connectivity index (χ0n) is 25.9. The van der Waals surface area contributed by atoms with E-state index in [2.05, 4.69) is 10.6 Å². The predicted molar refractivity (Wildman–Crippen MR) is 170 cm³/mol. The number of esters is 1. The first-order valence-corrected chi connectivity index (χ1v) is 15.0. The molecule has 4 N–H and O–H groups in total. The van der Waals surface area contributed by atoms with E-state index >= 15 is 0 Å². The summed E-state index contributed by atoms with van der Waals surface area (Å²) in [5.74, 6) is -1.71. The molecule has 1 aliphatic rings. The minimum Gasteiger partial charge on any atom is -0.493 e. The van der Waals surface area contributed by atoms with Gasteiger partial charge in [0.15, 0.2) is 11.5 Å². The van der Waals surface area contributed by atoms with Crippen molar-refractivity contribution in [3.63, 3.8) is 0 Å². The van der Waals surface area contributed by atoms with Gasteiger partial charge in [-0.2, -0.15) is 0 Å². The van der Waals surface area contributed by atoms with E-state index in [0.29, 0.717) is 35.0 Å². The molecule has 0 spiro atoms. The highest BCUT2D eigenvalue weighted by Crippen LogP contribution is 2.43. The van der Waals surface area contributed by atoms with Crippen molar-refractivity contribution in [3.8, 4) is 11.5 Å². The van der Waals surface area contributed by atoms with Gasteiger partial charge in [-0.25, -0.2) is 9.59 Å². The van der Waals surface area contributed by atoms with E-state index in [1.807, 2.05) is 37.9 Å². The van der Waals surface area contributed by atoms with Crippen LogP contribution >= 0.6 is 23.2 Å². The van der Waals surface area contributed by atoms with Crippen LogP contribution in [0.5, 0.6) is 11.5 Å². The Balaban J connectivity index is 1.79. The molecule has 2 unspecified atom stereocenters. The standard InChI is InChI=1S/C32H41Cl2N3O7/c1-7-43-31(41)28-23(36-19(2)26(30(39)40)27(28)21-11-10-12-22(33)29(21)34)16-37(5)18-32(3,4)35-15-20(38)17-44-25-14-9-8-13-24(25)42-6/h8-14,20,27,35-36,38H,7,15-18H2,1-6H3,(H,39,40). The number of aliphatic hydroxyl groups excluding tert-OH is 1. The smallest absolute Gasteiger partial charge is 0.336 e. The number of carboxylic acids is 1. The Morgan fingerprint density at radius 1 is 1.11 bits per heavy atom. The largest absolute Gasteiger partial charge is 0.493 e. The lowest BCUT2D eigenvalue weighted by Gasteiger charge is -2.35.